The van der Waals surface area contributed by atoms with E-state index in [0.717, 1.165) is 29.4 Å². The summed E-state index contributed by atoms with van der Waals surface area (Å²) < 4.78 is 1.12. The van der Waals surface area contributed by atoms with Crippen LogP contribution in [0, 0.1) is 0 Å². The van der Waals surface area contributed by atoms with E-state index in [9.17, 15) is 0 Å². The summed E-state index contributed by atoms with van der Waals surface area (Å²) in [7, 11) is 0. The van der Waals surface area contributed by atoms with Crippen molar-refractivity contribution in [2.45, 2.75) is 25.3 Å². The predicted molar refractivity (Wildman–Crippen MR) is 73.4 cm³/mol. The van der Waals surface area contributed by atoms with Crippen LogP contribution in [-0.4, -0.2) is 42.1 Å². The first kappa shape index (κ1) is 11.5. The Balaban J connectivity index is 1.81. The zero-order valence-electron chi connectivity index (χ0n) is 9.98. The highest BCUT2D eigenvalue weighted by Crippen LogP contribution is 2.28. The van der Waals surface area contributed by atoms with Crippen molar-refractivity contribution in [1.29, 1.82) is 0 Å². The number of anilines is 1. The molecule has 4 heteroatoms. The molecule has 1 aromatic rings. The number of rotatable bonds is 1. The van der Waals surface area contributed by atoms with E-state index in [-0.39, 0.29) is 0 Å². The largest absolute Gasteiger partial charge is 0.354 e. The van der Waals surface area contributed by atoms with Gasteiger partial charge in [-0.1, -0.05) is 0 Å². The molecular weight excluding hydrogens is 278 g/mol. The Hall–Kier alpha value is -0.610. The van der Waals surface area contributed by atoms with Crippen LogP contribution in [0.5, 0.6) is 0 Å². The molecule has 0 aromatic carbocycles. The molecule has 2 fully saturated rings. The molecule has 0 bridgehead atoms. The van der Waals surface area contributed by atoms with Gasteiger partial charge in [0.15, 0.2) is 0 Å². The molecule has 0 radical (unpaired) electrons. The zero-order valence-corrected chi connectivity index (χ0v) is 11.6. The third-order valence-corrected chi connectivity index (χ3v) is 4.46. The van der Waals surface area contributed by atoms with E-state index in [4.69, 9.17) is 0 Å². The molecule has 2 saturated heterocycles. The van der Waals surface area contributed by atoms with Crippen LogP contribution in [0.4, 0.5) is 5.82 Å². The monoisotopic (exact) mass is 295 g/mol. The fourth-order valence-corrected chi connectivity index (χ4v) is 3.51. The molecule has 1 aromatic heterocycles. The lowest BCUT2D eigenvalue weighted by Crippen LogP contribution is -2.37. The van der Waals surface area contributed by atoms with E-state index < -0.39 is 0 Å². The van der Waals surface area contributed by atoms with Crippen LogP contribution in [0.2, 0.25) is 0 Å². The van der Waals surface area contributed by atoms with Gasteiger partial charge in [0.2, 0.25) is 0 Å². The van der Waals surface area contributed by atoms with Crippen LogP contribution in [0.3, 0.4) is 0 Å². The minimum atomic E-state index is 0.742. The highest BCUT2D eigenvalue weighted by Gasteiger charge is 2.29. The Bertz CT molecular complexity index is 396. The fraction of sp³-hybridized carbons (Fsp3) is 0.615. The van der Waals surface area contributed by atoms with Crippen LogP contribution >= 0.6 is 15.9 Å². The van der Waals surface area contributed by atoms with E-state index >= 15 is 0 Å². The molecule has 1 atom stereocenters. The van der Waals surface area contributed by atoms with Crippen LogP contribution in [-0.2, 0) is 0 Å². The normalized spacial score (nSPS) is 25.7. The van der Waals surface area contributed by atoms with Crippen molar-refractivity contribution in [2.75, 3.05) is 31.1 Å². The molecule has 3 nitrogen and oxygen atoms in total. The first-order chi connectivity index (χ1) is 8.34. The van der Waals surface area contributed by atoms with Crippen LogP contribution < -0.4 is 4.90 Å². The number of hydrogen-bond donors (Lipinski definition) is 0. The third-order valence-electron chi connectivity index (χ3n) is 3.84. The number of halogens is 1. The van der Waals surface area contributed by atoms with Crippen molar-refractivity contribution in [3.05, 3.63) is 22.8 Å². The SMILES string of the molecule is Brc1cccnc1N1CCCN2CCCC2C1. The first-order valence-corrected chi connectivity index (χ1v) is 7.23. The van der Waals surface area contributed by atoms with Gasteiger partial charge in [0.05, 0.1) is 4.47 Å². The molecule has 0 spiro atoms. The molecular formula is C13H18BrN3. The van der Waals surface area contributed by atoms with E-state index in [1.54, 1.807) is 0 Å². The van der Waals surface area contributed by atoms with Crippen molar-refractivity contribution < 1.29 is 0 Å². The van der Waals surface area contributed by atoms with Crippen LogP contribution in [0.25, 0.3) is 0 Å². The van der Waals surface area contributed by atoms with Crippen LogP contribution in [0.15, 0.2) is 22.8 Å². The average Bonchev–Trinajstić information content (AvgIpc) is 2.68. The molecule has 2 aliphatic heterocycles. The lowest BCUT2D eigenvalue weighted by atomic mass is 10.2. The van der Waals surface area contributed by atoms with Gasteiger partial charge in [-0.3, -0.25) is 4.90 Å². The maximum Gasteiger partial charge on any atom is 0.142 e. The van der Waals surface area contributed by atoms with E-state index in [1.165, 1.54) is 32.4 Å². The quantitative estimate of drug-likeness (QED) is 0.794. The highest BCUT2D eigenvalue weighted by molar-refractivity contribution is 9.10. The molecule has 3 rings (SSSR count). The smallest absolute Gasteiger partial charge is 0.142 e. The van der Waals surface area contributed by atoms with Crippen LogP contribution in [0.1, 0.15) is 19.3 Å². The second-order valence-electron chi connectivity index (χ2n) is 4.94. The number of hydrogen-bond acceptors (Lipinski definition) is 3. The fourth-order valence-electron chi connectivity index (χ4n) is 3.01. The van der Waals surface area contributed by atoms with Crippen molar-refractivity contribution in [3.63, 3.8) is 0 Å². The number of nitrogens with zero attached hydrogens (tertiary/aromatic N) is 3. The van der Waals surface area contributed by atoms with Gasteiger partial charge >= 0.3 is 0 Å². The Morgan fingerprint density at radius 3 is 3.00 bits per heavy atom. The molecule has 0 aliphatic carbocycles. The summed E-state index contributed by atoms with van der Waals surface area (Å²) >= 11 is 3.61. The predicted octanol–water partition coefficient (Wildman–Crippen LogP) is 2.52. The lowest BCUT2D eigenvalue weighted by Gasteiger charge is -2.27. The van der Waals surface area contributed by atoms with Crippen molar-refractivity contribution in [3.8, 4) is 0 Å². The maximum atomic E-state index is 4.52. The molecule has 2 aliphatic rings. The lowest BCUT2D eigenvalue weighted by molar-refractivity contribution is 0.273. The minimum absolute atomic E-state index is 0.742. The summed E-state index contributed by atoms with van der Waals surface area (Å²) in [6.07, 6.45) is 5.85. The molecule has 92 valence electrons. The van der Waals surface area contributed by atoms with Crippen molar-refractivity contribution in [2.24, 2.45) is 0 Å². The second-order valence-corrected chi connectivity index (χ2v) is 5.79. The molecule has 3 heterocycles. The summed E-state index contributed by atoms with van der Waals surface area (Å²) in [6, 6.07) is 4.80. The summed E-state index contributed by atoms with van der Waals surface area (Å²) in [6.45, 7) is 4.81. The first-order valence-electron chi connectivity index (χ1n) is 6.44. The molecule has 0 N–H and O–H groups in total. The van der Waals surface area contributed by atoms with Gasteiger partial charge in [-0.05, 0) is 53.9 Å². The minimum Gasteiger partial charge on any atom is -0.354 e. The summed E-state index contributed by atoms with van der Waals surface area (Å²) in [4.78, 5) is 9.61. The summed E-state index contributed by atoms with van der Waals surface area (Å²) in [5.74, 6) is 1.11. The van der Waals surface area contributed by atoms with Gasteiger partial charge in [0.25, 0.3) is 0 Å². The number of pyridine rings is 1. The Labute approximate surface area is 111 Å². The van der Waals surface area contributed by atoms with Gasteiger partial charge in [-0.2, -0.15) is 0 Å². The van der Waals surface area contributed by atoms with E-state index in [2.05, 4.69) is 36.8 Å². The maximum absolute atomic E-state index is 4.52. The Kier molecular flexibility index (Phi) is 3.34. The summed E-state index contributed by atoms with van der Waals surface area (Å²) in [5.41, 5.74) is 0. The third kappa shape index (κ3) is 2.33. The number of aromatic nitrogens is 1. The highest BCUT2D eigenvalue weighted by atomic mass is 79.9. The average molecular weight is 296 g/mol. The summed E-state index contributed by atoms with van der Waals surface area (Å²) in [5, 5.41) is 0. The topological polar surface area (TPSA) is 19.4 Å². The van der Waals surface area contributed by atoms with Gasteiger partial charge in [0.1, 0.15) is 5.82 Å². The van der Waals surface area contributed by atoms with E-state index in [0.29, 0.717) is 0 Å². The zero-order chi connectivity index (χ0) is 11.7. The van der Waals surface area contributed by atoms with Gasteiger partial charge in [-0.25, -0.2) is 4.98 Å². The molecule has 0 saturated carbocycles. The van der Waals surface area contributed by atoms with Gasteiger partial charge in [0, 0.05) is 31.9 Å². The molecule has 0 amide bonds. The second kappa shape index (κ2) is 4.94. The molecule has 1 unspecified atom stereocenters. The molecule has 17 heavy (non-hydrogen) atoms. The van der Waals surface area contributed by atoms with E-state index in [1.807, 2.05) is 12.3 Å². The number of fused-ring (bicyclic) bond motifs is 1. The standard InChI is InChI=1S/C13H18BrN3/c14-12-5-1-6-15-13(12)17-9-3-8-16-7-2-4-11(16)10-17/h1,5-6,11H,2-4,7-10H2. The van der Waals surface area contributed by atoms with Gasteiger partial charge in [-0.15, -0.1) is 0 Å². The van der Waals surface area contributed by atoms with Gasteiger partial charge < -0.3 is 4.90 Å². The van der Waals surface area contributed by atoms with Crippen molar-refractivity contribution >= 4 is 21.7 Å². The van der Waals surface area contributed by atoms with Crippen molar-refractivity contribution in [1.82, 2.24) is 9.88 Å². The Morgan fingerprint density at radius 2 is 2.12 bits per heavy atom. The Morgan fingerprint density at radius 1 is 1.24 bits per heavy atom.